The lowest BCUT2D eigenvalue weighted by Crippen LogP contribution is -2.30. The van der Waals surface area contributed by atoms with E-state index < -0.39 is 6.10 Å². The van der Waals surface area contributed by atoms with Crippen molar-refractivity contribution >= 4 is 21.8 Å². The molecule has 0 spiro atoms. The van der Waals surface area contributed by atoms with Crippen molar-refractivity contribution in [1.29, 1.82) is 0 Å². The highest BCUT2D eigenvalue weighted by molar-refractivity contribution is 9.10. The SMILES string of the molecule is CC(O)CNC(=O)CCCOc1ccc(Br)cc1. The Balaban J connectivity index is 2.11. The Kier molecular flexibility index (Phi) is 6.75. The van der Waals surface area contributed by atoms with E-state index in [1.165, 1.54) is 0 Å². The monoisotopic (exact) mass is 315 g/mol. The molecule has 1 aromatic rings. The summed E-state index contributed by atoms with van der Waals surface area (Å²) < 4.78 is 6.49. The smallest absolute Gasteiger partial charge is 0.220 e. The van der Waals surface area contributed by atoms with Crippen LogP contribution in [-0.4, -0.2) is 30.3 Å². The van der Waals surface area contributed by atoms with E-state index in [0.29, 0.717) is 26.0 Å². The maximum atomic E-state index is 11.3. The fourth-order valence-corrected chi connectivity index (χ4v) is 1.57. The molecule has 1 aromatic carbocycles. The number of carbonyl (C=O) groups excluding carboxylic acids is 1. The summed E-state index contributed by atoms with van der Waals surface area (Å²) in [5.41, 5.74) is 0. The largest absolute Gasteiger partial charge is 0.494 e. The molecule has 18 heavy (non-hydrogen) atoms. The van der Waals surface area contributed by atoms with Gasteiger partial charge in [-0.25, -0.2) is 0 Å². The Morgan fingerprint density at radius 3 is 2.72 bits per heavy atom. The minimum absolute atomic E-state index is 0.0599. The van der Waals surface area contributed by atoms with Crippen LogP contribution >= 0.6 is 15.9 Å². The first kappa shape index (κ1) is 15.0. The van der Waals surface area contributed by atoms with Crippen molar-refractivity contribution in [2.75, 3.05) is 13.2 Å². The number of aliphatic hydroxyl groups is 1. The van der Waals surface area contributed by atoms with Crippen LogP contribution in [-0.2, 0) is 4.79 Å². The summed E-state index contributed by atoms with van der Waals surface area (Å²) in [4.78, 5) is 11.3. The lowest BCUT2D eigenvalue weighted by atomic mass is 10.3. The number of rotatable bonds is 7. The van der Waals surface area contributed by atoms with E-state index in [2.05, 4.69) is 21.2 Å². The quantitative estimate of drug-likeness (QED) is 0.758. The summed E-state index contributed by atoms with van der Waals surface area (Å²) in [5, 5.41) is 11.6. The molecule has 1 atom stereocenters. The van der Waals surface area contributed by atoms with Crippen LogP contribution in [0.4, 0.5) is 0 Å². The van der Waals surface area contributed by atoms with E-state index in [-0.39, 0.29) is 5.91 Å². The summed E-state index contributed by atoms with van der Waals surface area (Å²) in [7, 11) is 0. The summed E-state index contributed by atoms with van der Waals surface area (Å²) in [6.45, 7) is 2.44. The van der Waals surface area contributed by atoms with Crippen molar-refractivity contribution in [1.82, 2.24) is 5.32 Å². The number of hydrogen-bond donors (Lipinski definition) is 2. The predicted octanol–water partition coefficient (Wildman–Crippen LogP) is 2.11. The van der Waals surface area contributed by atoms with Crippen LogP contribution in [0.2, 0.25) is 0 Å². The summed E-state index contributed by atoms with van der Waals surface area (Å²) in [6.07, 6.45) is 0.554. The molecule has 0 heterocycles. The van der Waals surface area contributed by atoms with Crippen LogP contribution in [0.25, 0.3) is 0 Å². The first-order valence-corrected chi connectivity index (χ1v) is 6.70. The van der Waals surface area contributed by atoms with Crippen molar-refractivity contribution < 1.29 is 14.6 Å². The number of amides is 1. The molecule has 0 bridgehead atoms. The molecule has 0 aliphatic rings. The van der Waals surface area contributed by atoms with Gasteiger partial charge in [-0.15, -0.1) is 0 Å². The number of benzene rings is 1. The first-order chi connectivity index (χ1) is 8.58. The fourth-order valence-electron chi connectivity index (χ4n) is 1.30. The number of aliphatic hydroxyl groups excluding tert-OH is 1. The number of ether oxygens (including phenoxy) is 1. The van der Waals surface area contributed by atoms with Crippen LogP contribution in [0.1, 0.15) is 19.8 Å². The van der Waals surface area contributed by atoms with E-state index in [9.17, 15) is 4.79 Å². The Hall–Kier alpha value is -1.07. The third kappa shape index (κ3) is 6.61. The molecule has 0 aliphatic heterocycles. The number of nitrogens with one attached hydrogen (secondary N) is 1. The van der Waals surface area contributed by atoms with Gasteiger partial charge < -0.3 is 15.2 Å². The molecule has 0 saturated heterocycles. The molecule has 0 radical (unpaired) electrons. The van der Waals surface area contributed by atoms with E-state index in [1.54, 1.807) is 6.92 Å². The molecule has 4 nitrogen and oxygen atoms in total. The van der Waals surface area contributed by atoms with Crippen LogP contribution < -0.4 is 10.1 Å². The molecule has 1 amide bonds. The lowest BCUT2D eigenvalue weighted by molar-refractivity contribution is -0.121. The fraction of sp³-hybridized carbons (Fsp3) is 0.462. The minimum Gasteiger partial charge on any atom is -0.494 e. The average Bonchev–Trinajstić information content (AvgIpc) is 2.34. The standard InChI is InChI=1S/C13H18BrNO3/c1-10(16)9-15-13(17)3-2-8-18-12-6-4-11(14)5-7-12/h4-7,10,16H,2-3,8-9H2,1H3,(H,15,17). The zero-order chi connectivity index (χ0) is 13.4. The Morgan fingerprint density at radius 1 is 1.44 bits per heavy atom. The number of halogens is 1. The molecule has 0 fully saturated rings. The van der Waals surface area contributed by atoms with Crippen molar-refractivity contribution in [3.8, 4) is 5.75 Å². The van der Waals surface area contributed by atoms with Gasteiger partial charge in [0.15, 0.2) is 0 Å². The maximum Gasteiger partial charge on any atom is 0.220 e. The number of carbonyl (C=O) groups is 1. The predicted molar refractivity (Wildman–Crippen MR) is 73.6 cm³/mol. The molecule has 2 N–H and O–H groups in total. The van der Waals surface area contributed by atoms with Gasteiger partial charge in [0, 0.05) is 17.4 Å². The zero-order valence-corrected chi connectivity index (χ0v) is 11.9. The van der Waals surface area contributed by atoms with Gasteiger partial charge in [0.2, 0.25) is 5.91 Å². The molecule has 1 rings (SSSR count). The molecule has 1 unspecified atom stereocenters. The van der Waals surface area contributed by atoms with Gasteiger partial charge in [0.25, 0.3) is 0 Å². The van der Waals surface area contributed by atoms with Crippen LogP contribution in [0.3, 0.4) is 0 Å². The summed E-state index contributed by atoms with van der Waals surface area (Å²) >= 11 is 3.35. The second-order valence-corrected chi connectivity index (χ2v) is 4.97. The van der Waals surface area contributed by atoms with Crippen LogP contribution in [0.15, 0.2) is 28.7 Å². The van der Waals surface area contributed by atoms with E-state index in [4.69, 9.17) is 9.84 Å². The molecule has 0 aromatic heterocycles. The van der Waals surface area contributed by atoms with E-state index in [0.717, 1.165) is 10.2 Å². The van der Waals surface area contributed by atoms with E-state index in [1.807, 2.05) is 24.3 Å². The van der Waals surface area contributed by atoms with Gasteiger partial charge in [-0.2, -0.15) is 0 Å². The second kappa shape index (κ2) is 8.11. The van der Waals surface area contributed by atoms with Gasteiger partial charge in [-0.05, 0) is 37.6 Å². The van der Waals surface area contributed by atoms with Gasteiger partial charge in [-0.1, -0.05) is 15.9 Å². The van der Waals surface area contributed by atoms with Crippen molar-refractivity contribution in [2.24, 2.45) is 0 Å². The Bertz CT molecular complexity index is 365. The first-order valence-electron chi connectivity index (χ1n) is 5.91. The second-order valence-electron chi connectivity index (χ2n) is 4.06. The Morgan fingerprint density at radius 2 is 2.11 bits per heavy atom. The van der Waals surface area contributed by atoms with Gasteiger partial charge in [-0.3, -0.25) is 4.79 Å². The highest BCUT2D eigenvalue weighted by atomic mass is 79.9. The minimum atomic E-state index is -0.507. The Labute approximate surface area is 115 Å². The van der Waals surface area contributed by atoms with Crippen LogP contribution in [0, 0.1) is 0 Å². The maximum absolute atomic E-state index is 11.3. The third-order valence-corrected chi connectivity index (χ3v) is 2.75. The van der Waals surface area contributed by atoms with Crippen molar-refractivity contribution in [3.05, 3.63) is 28.7 Å². The topological polar surface area (TPSA) is 58.6 Å². The average molecular weight is 316 g/mol. The van der Waals surface area contributed by atoms with Crippen molar-refractivity contribution in [3.63, 3.8) is 0 Å². The molecule has 0 saturated carbocycles. The molecular weight excluding hydrogens is 298 g/mol. The summed E-state index contributed by atoms with van der Waals surface area (Å²) in [6, 6.07) is 7.56. The normalized spacial score (nSPS) is 11.9. The molecule has 100 valence electrons. The molecular formula is C13H18BrNO3. The van der Waals surface area contributed by atoms with Gasteiger partial charge >= 0.3 is 0 Å². The summed E-state index contributed by atoms with van der Waals surface area (Å²) in [5.74, 6) is 0.734. The van der Waals surface area contributed by atoms with Gasteiger partial charge in [0.05, 0.1) is 12.7 Å². The zero-order valence-electron chi connectivity index (χ0n) is 10.4. The van der Waals surface area contributed by atoms with Crippen LogP contribution in [0.5, 0.6) is 5.75 Å². The third-order valence-electron chi connectivity index (χ3n) is 2.23. The highest BCUT2D eigenvalue weighted by Crippen LogP contribution is 2.16. The molecule has 0 aliphatic carbocycles. The lowest BCUT2D eigenvalue weighted by Gasteiger charge is -2.08. The van der Waals surface area contributed by atoms with Gasteiger partial charge in [0.1, 0.15) is 5.75 Å². The van der Waals surface area contributed by atoms with Crippen molar-refractivity contribution in [2.45, 2.75) is 25.9 Å². The highest BCUT2D eigenvalue weighted by Gasteiger charge is 2.03. The van der Waals surface area contributed by atoms with E-state index >= 15 is 0 Å². The number of hydrogen-bond acceptors (Lipinski definition) is 3. The molecule has 5 heteroatoms.